The molecule has 0 aliphatic carbocycles. The van der Waals surface area contributed by atoms with Crippen LogP contribution in [0.5, 0.6) is 5.75 Å². The fourth-order valence-electron chi connectivity index (χ4n) is 1.47. The van der Waals surface area contributed by atoms with E-state index in [9.17, 15) is 26.4 Å². The Morgan fingerprint density at radius 3 is 2.35 bits per heavy atom. The number of nitrogens with zero attached hydrogens (tertiary/aromatic N) is 1. The Kier molecular flexibility index (Phi) is 4.61. The summed E-state index contributed by atoms with van der Waals surface area (Å²) in [4.78, 5) is 14.4. The van der Waals surface area contributed by atoms with E-state index in [1.807, 2.05) is 0 Å². The topological polar surface area (TPSA) is 85.4 Å². The Hall–Kier alpha value is -2.14. The molecule has 0 unspecified atom stereocenters. The number of anilines is 1. The van der Waals surface area contributed by atoms with Gasteiger partial charge in [0.2, 0.25) is 0 Å². The Morgan fingerprint density at radius 2 is 1.87 bits per heavy atom. The zero-order valence-corrected chi connectivity index (χ0v) is 13.1. The van der Waals surface area contributed by atoms with E-state index in [-0.39, 0.29) is 16.4 Å². The second-order valence-corrected chi connectivity index (χ2v) is 6.90. The van der Waals surface area contributed by atoms with Crippen LogP contribution in [-0.4, -0.2) is 25.6 Å². The van der Waals surface area contributed by atoms with Crippen molar-refractivity contribution in [3.63, 3.8) is 0 Å². The molecule has 0 fully saturated rings. The molecule has 124 valence electrons. The molecule has 0 saturated heterocycles. The number of halogens is 3. The van der Waals surface area contributed by atoms with Gasteiger partial charge in [-0.25, -0.2) is 4.98 Å². The van der Waals surface area contributed by atoms with E-state index in [1.165, 1.54) is 24.3 Å². The van der Waals surface area contributed by atoms with Crippen molar-refractivity contribution in [2.45, 2.75) is 6.18 Å². The molecule has 1 aromatic heterocycles. The summed E-state index contributed by atoms with van der Waals surface area (Å²) in [5, 5.41) is 2.03. The number of benzene rings is 1. The number of thiazole rings is 1. The van der Waals surface area contributed by atoms with Crippen LogP contribution < -0.4 is 9.50 Å². The first-order valence-electron chi connectivity index (χ1n) is 5.88. The maximum Gasteiger partial charge on any atom is 0.427 e. The van der Waals surface area contributed by atoms with Gasteiger partial charge < -0.3 is 4.18 Å². The second-order valence-electron chi connectivity index (χ2n) is 4.29. The number of carbonyl (C=O) groups excluding carboxylic acids is 1. The molecule has 0 atom stereocenters. The van der Waals surface area contributed by atoms with Crippen LogP contribution in [0.2, 0.25) is 0 Å². The van der Waals surface area contributed by atoms with Crippen LogP contribution in [0.4, 0.5) is 18.3 Å². The van der Waals surface area contributed by atoms with E-state index >= 15 is 0 Å². The number of amides is 1. The molecule has 23 heavy (non-hydrogen) atoms. The lowest BCUT2D eigenvalue weighted by Crippen LogP contribution is -2.12. The average Bonchev–Trinajstić information content (AvgIpc) is 2.86. The average molecular weight is 366 g/mol. The van der Waals surface area contributed by atoms with Gasteiger partial charge in [-0.2, -0.15) is 21.6 Å². The highest BCUT2D eigenvalue weighted by Gasteiger charge is 2.33. The molecular weight excluding hydrogens is 357 g/mol. The van der Waals surface area contributed by atoms with Crippen molar-refractivity contribution in [2.75, 3.05) is 11.6 Å². The lowest BCUT2D eigenvalue weighted by Gasteiger charge is -2.05. The second kappa shape index (κ2) is 6.16. The first-order valence-corrected chi connectivity index (χ1v) is 8.52. The molecule has 0 radical (unpaired) electrons. The normalized spacial score (nSPS) is 12.0. The smallest absolute Gasteiger partial charge is 0.383 e. The van der Waals surface area contributed by atoms with Crippen LogP contribution in [0.3, 0.4) is 0 Å². The van der Waals surface area contributed by atoms with Crippen LogP contribution in [0.15, 0.2) is 30.5 Å². The number of alkyl halides is 3. The third-order valence-corrected chi connectivity index (χ3v) is 3.82. The lowest BCUT2D eigenvalue weighted by atomic mass is 10.2. The Bertz CT molecular complexity index is 814. The first-order chi connectivity index (χ1) is 10.5. The zero-order chi connectivity index (χ0) is 17.3. The molecule has 6 nitrogen and oxygen atoms in total. The fourth-order valence-corrected chi connectivity index (χ4v) is 2.61. The Morgan fingerprint density at radius 1 is 1.26 bits per heavy atom. The molecule has 0 aliphatic rings. The van der Waals surface area contributed by atoms with Gasteiger partial charge in [-0.15, -0.1) is 0 Å². The number of nitrogens with one attached hydrogen (secondary N) is 1. The van der Waals surface area contributed by atoms with Gasteiger partial charge in [0.15, 0.2) is 5.13 Å². The highest BCUT2D eigenvalue weighted by molar-refractivity contribution is 7.86. The molecule has 1 aromatic carbocycles. The summed E-state index contributed by atoms with van der Waals surface area (Å²) >= 11 is 0.302. The summed E-state index contributed by atoms with van der Waals surface area (Å²) in [6, 6.07) is 5.04. The minimum absolute atomic E-state index is 0.0117. The highest BCUT2D eigenvalue weighted by Crippen LogP contribution is 2.35. The monoisotopic (exact) mass is 366 g/mol. The number of aromatic nitrogens is 1. The molecule has 11 heteroatoms. The predicted octanol–water partition coefficient (Wildman–Crippen LogP) is 2.75. The van der Waals surface area contributed by atoms with Gasteiger partial charge in [0.25, 0.3) is 5.91 Å². The molecule has 2 aromatic rings. The molecular formula is C12H9F3N2O4S2. The van der Waals surface area contributed by atoms with E-state index in [0.717, 1.165) is 6.26 Å². The standard InChI is InChI=1S/C12H9F3N2O4S2/c1-23(19,20)21-8-4-2-7(3-5-8)10(18)17-11-16-6-9(22-11)12(13,14)15/h2-6H,1H3,(H,16,17,18). The van der Waals surface area contributed by atoms with E-state index in [1.54, 1.807) is 0 Å². The molecule has 1 heterocycles. The maximum absolute atomic E-state index is 12.4. The summed E-state index contributed by atoms with van der Waals surface area (Å²) in [7, 11) is -3.69. The summed E-state index contributed by atoms with van der Waals surface area (Å²) in [6.07, 6.45) is -3.02. The molecule has 2 rings (SSSR count). The van der Waals surface area contributed by atoms with Crippen molar-refractivity contribution in [3.8, 4) is 5.75 Å². The third kappa shape index (κ3) is 4.93. The van der Waals surface area contributed by atoms with E-state index < -0.39 is 27.1 Å². The Labute approximate surface area is 133 Å². The van der Waals surface area contributed by atoms with Gasteiger partial charge in [0.1, 0.15) is 10.6 Å². The van der Waals surface area contributed by atoms with Gasteiger partial charge in [0.05, 0.1) is 12.5 Å². The van der Waals surface area contributed by atoms with Gasteiger partial charge in [-0.3, -0.25) is 10.1 Å². The van der Waals surface area contributed by atoms with Crippen LogP contribution >= 0.6 is 11.3 Å². The zero-order valence-electron chi connectivity index (χ0n) is 11.4. The summed E-state index contributed by atoms with van der Waals surface area (Å²) in [6.45, 7) is 0. The van der Waals surface area contributed by atoms with Gasteiger partial charge in [0, 0.05) is 5.56 Å². The van der Waals surface area contributed by atoms with Crippen LogP contribution in [-0.2, 0) is 16.3 Å². The molecule has 0 saturated carbocycles. The molecule has 0 spiro atoms. The number of carbonyl (C=O) groups is 1. The largest absolute Gasteiger partial charge is 0.427 e. The Balaban J connectivity index is 2.08. The quantitative estimate of drug-likeness (QED) is 0.841. The molecule has 1 N–H and O–H groups in total. The van der Waals surface area contributed by atoms with Crippen LogP contribution in [0.25, 0.3) is 0 Å². The summed E-state index contributed by atoms with van der Waals surface area (Å²) < 4.78 is 63.8. The predicted molar refractivity (Wildman–Crippen MR) is 77.0 cm³/mol. The minimum atomic E-state index is -4.52. The number of rotatable bonds is 4. The van der Waals surface area contributed by atoms with Crippen LogP contribution in [0, 0.1) is 0 Å². The number of hydrogen-bond acceptors (Lipinski definition) is 6. The minimum Gasteiger partial charge on any atom is -0.383 e. The van der Waals surface area contributed by atoms with Crippen molar-refractivity contribution in [1.29, 1.82) is 0 Å². The van der Waals surface area contributed by atoms with E-state index in [2.05, 4.69) is 14.5 Å². The summed E-state index contributed by atoms with van der Waals surface area (Å²) in [5.74, 6) is -0.670. The summed E-state index contributed by atoms with van der Waals surface area (Å²) in [5.41, 5.74) is 0.106. The van der Waals surface area contributed by atoms with Gasteiger partial charge >= 0.3 is 16.3 Å². The molecule has 0 bridgehead atoms. The molecule has 1 amide bonds. The van der Waals surface area contributed by atoms with E-state index in [4.69, 9.17) is 0 Å². The van der Waals surface area contributed by atoms with Gasteiger partial charge in [-0.1, -0.05) is 11.3 Å². The van der Waals surface area contributed by atoms with Crippen molar-refractivity contribution in [1.82, 2.24) is 4.98 Å². The maximum atomic E-state index is 12.4. The van der Waals surface area contributed by atoms with Crippen molar-refractivity contribution >= 4 is 32.5 Å². The highest BCUT2D eigenvalue weighted by atomic mass is 32.2. The van der Waals surface area contributed by atoms with Gasteiger partial charge in [-0.05, 0) is 24.3 Å². The third-order valence-electron chi connectivity index (χ3n) is 2.37. The van der Waals surface area contributed by atoms with Crippen molar-refractivity contribution in [3.05, 3.63) is 40.9 Å². The van der Waals surface area contributed by atoms with E-state index in [0.29, 0.717) is 17.5 Å². The van der Waals surface area contributed by atoms with Crippen LogP contribution in [0.1, 0.15) is 15.2 Å². The first kappa shape index (κ1) is 17.2. The van der Waals surface area contributed by atoms with Crippen molar-refractivity contribution in [2.24, 2.45) is 0 Å². The lowest BCUT2D eigenvalue weighted by molar-refractivity contribution is -0.134. The fraction of sp³-hybridized carbons (Fsp3) is 0.167. The SMILES string of the molecule is CS(=O)(=O)Oc1ccc(C(=O)Nc2ncc(C(F)(F)F)s2)cc1. The molecule has 0 aliphatic heterocycles. The van der Waals surface area contributed by atoms with Crippen molar-refractivity contribution < 1.29 is 30.6 Å². The number of hydrogen-bond donors (Lipinski definition) is 1.